The van der Waals surface area contributed by atoms with E-state index in [0.29, 0.717) is 22.3 Å². The second kappa shape index (κ2) is 23.9. The number of carbonyl (C=O) groups excluding carboxylic acids is 5. The van der Waals surface area contributed by atoms with Crippen molar-refractivity contribution < 1.29 is 72.7 Å². The van der Waals surface area contributed by atoms with E-state index in [9.17, 15) is 34.1 Å². The van der Waals surface area contributed by atoms with E-state index in [2.05, 4.69) is 9.82 Å². The molecule has 4 aromatic carbocycles. The number of esters is 2. The van der Waals surface area contributed by atoms with Crippen molar-refractivity contribution in [3.8, 4) is 46.1 Å². The van der Waals surface area contributed by atoms with Crippen LogP contribution in [0.15, 0.2) is 121 Å². The third-order valence-corrected chi connectivity index (χ3v) is 7.57. The average Bonchev–Trinajstić information content (AvgIpc) is 3.56. The predicted molar refractivity (Wildman–Crippen MR) is 210 cm³/mol. The van der Waals surface area contributed by atoms with Crippen LogP contribution in [-0.4, -0.2) is 79.8 Å². The summed E-state index contributed by atoms with van der Waals surface area (Å²) >= 11 is 0. The molecule has 0 unspecified atom stereocenters. The summed E-state index contributed by atoms with van der Waals surface area (Å²) < 4.78 is 25.9. The van der Waals surface area contributed by atoms with Crippen LogP contribution < -0.4 is 23.7 Å². The fourth-order valence-corrected chi connectivity index (χ4v) is 4.58. The molecule has 6 rings (SSSR count). The van der Waals surface area contributed by atoms with Gasteiger partial charge in [0.05, 0.1) is 44.0 Å². The standard InChI is InChI=1S/C15H13NO6.C14H13NO4.C13H13NO6/c17-12-3-7-13(8-4-12)21-10-9-15(18)22-14-5-1-11(2-6-14)16(19)20;16-11-4-6-12(7-5-11)18-10-8-14(17)19-13-3-1-2-9-15-13;15-9-1-3-10(4-2-9)19-8-7-13(18)20-14-11(16)5-6-12(14)17/h1-8,17H,9-10H2;1-7,9,16H,8,10H2;1-4,15H,5-8H2. The fraction of sp³-hybridized carbons (Fsp3) is 0.190. The summed E-state index contributed by atoms with van der Waals surface area (Å²) in [7, 11) is 0. The van der Waals surface area contributed by atoms with Gasteiger partial charge in [-0.15, -0.1) is 5.06 Å². The number of carbonyl (C=O) groups is 5. The minimum absolute atomic E-state index is 0.0257. The van der Waals surface area contributed by atoms with Crippen LogP contribution in [0, 0.1) is 10.1 Å². The van der Waals surface area contributed by atoms with Gasteiger partial charge in [-0.3, -0.25) is 29.3 Å². The summed E-state index contributed by atoms with van der Waals surface area (Å²) in [6.07, 6.45) is 1.73. The van der Waals surface area contributed by atoms with Gasteiger partial charge in [0.25, 0.3) is 17.5 Å². The highest BCUT2D eigenvalue weighted by Gasteiger charge is 2.32. The van der Waals surface area contributed by atoms with Gasteiger partial charge in [-0.2, -0.15) is 0 Å². The number of rotatable bonds is 16. The quantitative estimate of drug-likeness (QED) is 0.0359. The molecule has 3 N–H and O–H groups in total. The van der Waals surface area contributed by atoms with Gasteiger partial charge in [-0.25, -0.2) is 9.78 Å². The molecular formula is C42H39N3O16. The third kappa shape index (κ3) is 17.0. The summed E-state index contributed by atoms with van der Waals surface area (Å²) in [6, 6.07) is 28.7. The van der Waals surface area contributed by atoms with Crippen molar-refractivity contribution in [1.82, 2.24) is 10.0 Å². The predicted octanol–water partition coefficient (Wildman–Crippen LogP) is 5.60. The second-order valence-electron chi connectivity index (χ2n) is 12.2. The van der Waals surface area contributed by atoms with E-state index in [1.54, 1.807) is 60.8 Å². The number of nitro benzene ring substituents is 1. The van der Waals surface area contributed by atoms with Gasteiger partial charge in [-0.1, -0.05) is 6.07 Å². The first-order valence-corrected chi connectivity index (χ1v) is 18.2. The van der Waals surface area contributed by atoms with Gasteiger partial charge in [0.2, 0.25) is 5.88 Å². The van der Waals surface area contributed by atoms with Crippen LogP contribution in [0.3, 0.4) is 0 Å². The number of amides is 2. The molecule has 2 amide bonds. The smallest absolute Gasteiger partial charge is 0.336 e. The number of aromatic nitrogens is 1. The molecule has 0 bridgehead atoms. The van der Waals surface area contributed by atoms with Gasteiger partial charge in [0.1, 0.15) is 40.2 Å². The van der Waals surface area contributed by atoms with E-state index in [1.807, 2.05) is 0 Å². The lowest BCUT2D eigenvalue weighted by atomic mass is 10.3. The number of imide groups is 1. The number of hydroxylamine groups is 2. The summed E-state index contributed by atoms with van der Waals surface area (Å²) in [5, 5.41) is 38.3. The van der Waals surface area contributed by atoms with Gasteiger partial charge < -0.3 is 43.8 Å². The lowest BCUT2D eigenvalue weighted by molar-refractivity contribution is -0.384. The Morgan fingerprint density at radius 2 is 0.984 bits per heavy atom. The zero-order valence-corrected chi connectivity index (χ0v) is 32.2. The van der Waals surface area contributed by atoms with Gasteiger partial charge in [0, 0.05) is 37.2 Å². The maximum absolute atomic E-state index is 11.6. The van der Waals surface area contributed by atoms with Crippen molar-refractivity contribution in [2.45, 2.75) is 32.1 Å². The van der Waals surface area contributed by atoms with E-state index in [0.717, 1.165) is 0 Å². The molecule has 0 radical (unpaired) electrons. The molecule has 0 saturated carbocycles. The molecule has 0 aliphatic carbocycles. The van der Waals surface area contributed by atoms with E-state index >= 15 is 0 Å². The van der Waals surface area contributed by atoms with Crippen molar-refractivity contribution in [1.29, 1.82) is 0 Å². The average molecular weight is 842 g/mol. The Bertz CT molecular complexity index is 2190. The molecule has 0 atom stereocenters. The van der Waals surface area contributed by atoms with Crippen LogP contribution in [-0.2, 0) is 28.8 Å². The normalized spacial score (nSPS) is 11.4. The largest absolute Gasteiger partial charge is 0.508 e. The summed E-state index contributed by atoms with van der Waals surface area (Å²) in [6.45, 7) is 0.368. The fourth-order valence-electron chi connectivity index (χ4n) is 4.58. The van der Waals surface area contributed by atoms with Crippen molar-refractivity contribution >= 4 is 35.4 Å². The van der Waals surface area contributed by atoms with Crippen LogP contribution in [0.4, 0.5) is 5.69 Å². The molecule has 1 fully saturated rings. The van der Waals surface area contributed by atoms with E-state index in [4.69, 9.17) is 39.0 Å². The Labute approximate surface area is 347 Å². The number of nitro groups is 1. The highest BCUT2D eigenvalue weighted by atomic mass is 16.7. The lowest BCUT2D eigenvalue weighted by Crippen LogP contribution is -2.32. The molecule has 5 aromatic rings. The summed E-state index contributed by atoms with van der Waals surface area (Å²) in [5.41, 5.74) is -0.0736. The number of benzene rings is 4. The van der Waals surface area contributed by atoms with Crippen molar-refractivity contribution in [3.63, 3.8) is 0 Å². The van der Waals surface area contributed by atoms with Crippen LogP contribution in [0.5, 0.6) is 46.1 Å². The molecule has 1 aliphatic heterocycles. The number of hydrogen-bond donors (Lipinski definition) is 3. The Morgan fingerprint density at radius 3 is 1.39 bits per heavy atom. The molecule has 1 saturated heterocycles. The Hall–Kier alpha value is -8.22. The number of nitrogens with zero attached hydrogens (tertiary/aromatic N) is 3. The van der Waals surface area contributed by atoms with Crippen molar-refractivity contribution in [3.05, 3.63) is 132 Å². The molecule has 1 aromatic heterocycles. The second-order valence-corrected chi connectivity index (χ2v) is 12.2. The van der Waals surface area contributed by atoms with Gasteiger partial charge in [-0.05, 0) is 91.0 Å². The molecule has 2 heterocycles. The van der Waals surface area contributed by atoms with Crippen molar-refractivity contribution in [2.24, 2.45) is 0 Å². The molecule has 318 valence electrons. The van der Waals surface area contributed by atoms with Crippen LogP contribution in [0.25, 0.3) is 0 Å². The lowest BCUT2D eigenvalue weighted by Gasteiger charge is -2.12. The van der Waals surface area contributed by atoms with Crippen molar-refractivity contribution in [2.75, 3.05) is 19.8 Å². The first kappa shape index (κ1) is 45.5. The highest BCUT2D eigenvalue weighted by molar-refractivity contribution is 6.01. The monoisotopic (exact) mass is 841 g/mol. The number of phenols is 3. The highest BCUT2D eigenvalue weighted by Crippen LogP contribution is 2.20. The van der Waals surface area contributed by atoms with Crippen LogP contribution in [0.2, 0.25) is 0 Å². The Morgan fingerprint density at radius 1 is 0.574 bits per heavy atom. The Kier molecular flexibility index (Phi) is 17.8. The van der Waals surface area contributed by atoms with Crippen LogP contribution >= 0.6 is 0 Å². The van der Waals surface area contributed by atoms with E-state index in [1.165, 1.54) is 60.7 Å². The maximum atomic E-state index is 11.6. The number of ether oxygens (including phenoxy) is 5. The third-order valence-electron chi connectivity index (χ3n) is 7.57. The Balaban J connectivity index is 0.000000202. The number of hydrogen-bond acceptors (Lipinski definition) is 17. The summed E-state index contributed by atoms with van der Waals surface area (Å²) in [4.78, 5) is 75.5. The molecule has 0 spiro atoms. The van der Waals surface area contributed by atoms with Gasteiger partial charge >= 0.3 is 17.9 Å². The first-order chi connectivity index (χ1) is 29.3. The first-order valence-electron chi connectivity index (χ1n) is 18.2. The number of non-ortho nitro benzene ring substituents is 1. The zero-order valence-electron chi connectivity index (χ0n) is 32.2. The SMILES string of the molecule is O=C(CCOc1ccc(O)cc1)ON1C(=O)CCC1=O.O=C(CCOc1ccc(O)cc1)Oc1ccc([N+](=O)[O-])cc1.O=C(CCOc1ccc(O)cc1)Oc1ccccn1. The topological polar surface area (TPSA) is 261 Å². The summed E-state index contributed by atoms with van der Waals surface area (Å²) in [5.74, 6) is -0.122. The number of pyridine rings is 1. The van der Waals surface area contributed by atoms with Gasteiger partial charge in [0.15, 0.2) is 0 Å². The van der Waals surface area contributed by atoms with E-state index < -0.39 is 34.6 Å². The van der Waals surface area contributed by atoms with Crippen LogP contribution in [0.1, 0.15) is 32.1 Å². The zero-order chi connectivity index (χ0) is 44.0. The number of aromatic hydroxyl groups is 3. The molecule has 61 heavy (non-hydrogen) atoms. The molecule has 19 nitrogen and oxygen atoms in total. The maximum Gasteiger partial charge on any atom is 0.336 e. The molecule has 19 heteroatoms. The minimum Gasteiger partial charge on any atom is -0.508 e. The molecule has 1 aliphatic rings. The molecular weight excluding hydrogens is 802 g/mol. The minimum atomic E-state index is -0.715. The van der Waals surface area contributed by atoms with E-state index in [-0.39, 0.29) is 86.5 Å². The number of phenolic OH excluding ortho intramolecular Hbond substituents is 3.